The maximum Gasteiger partial charge on any atom is 0.387 e. The molecular weight excluding hydrogens is 330 g/mol. The zero-order chi connectivity index (χ0) is 18.2. The Morgan fingerprint density at radius 2 is 2.00 bits per heavy atom. The van der Waals surface area contributed by atoms with Crippen LogP contribution in [0.2, 0.25) is 0 Å². The van der Waals surface area contributed by atoms with E-state index in [0.717, 1.165) is 0 Å². The van der Waals surface area contributed by atoms with Gasteiger partial charge in [-0.2, -0.15) is 8.78 Å². The van der Waals surface area contributed by atoms with E-state index in [9.17, 15) is 18.7 Å². The standard InChI is InChI=1S/C18H16F2N2O3/c1-2-12-5-3-7-14(9-12)22-18(24)21-11-16(23)13-6-4-8-15(10-13)25-17(19)20/h1,3-10,16-17,23H,11H2,(H2,21,22,24). The van der Waals surface area contributed by atoms with Gasteiger partial charge < -0.3 is 20.5 Å². The Hall–Kier alpha value is -3.11. The summed E-state index contributed by atoms with van der Waals surface area (Å²) in [6, 6.07) is 11.8. The average molecular weight is 346 g/mol. The number of terminal acetylenes is 1. The fourth-order valence-electron chi connectivity index (χ4n) is 2.07. The number of hydrogen-bond acceptors (Lipinski definition) is 3. The lowest BCUT2D eigenvalue weighted by Crippen LogP contribution is -2.32. The van der Waals surface area contributed by atoms with Crippen LogP contribution < -0.4 is 15.4 Å². The Bertz CT molecular complexity index is 775. The van der Waals surface area contributed by atoms with E-state index in [1.54, 1.807) is 30.3 Å². The fraction of sp³-hybridized carbons (Fsp3) is 0.167. The summed E-state index contributed by atoms with van der Waals surface area (Å²) in [5, 5.41) is 15.1. The van der Waals surface area contributed by atoms with Crippen molar-refractivity contribution in [3.8, 4) is 18.1 Å². The van der Waals surface area contributed by atoms with Gasteiger partial charge in [-0.3, -0.25) is 0 Å². The van der Waals surface area contributed by atoms with Gasteiger partial charge in [0.2, 0.25) is 0 Å². The van der Waals surface area contributed by atoms with Crippen LogP contribution >= 0.6 is 0 Å². The molecule has 0 saturated carbocycles. The largest absolute Gasteiger partial charge is 0.435 e. The SMILES string of the molecule is C#Cc1cccc(NC(=O)NCC(O)c2cccc(OC(F)F)c2)c1. The highest BCUT2D eigenvalue weighted by atomic mass is 19.3. The average Bonchev–Trinajstić information content (AvgIpc) is 2.59. The lowest BCUT2D eigenvalue weighted by molar-refractivity contribution is -0.0499. The molecule has 2 aromatic rings. The molecular formula is C18H16F2N2O3. The molecule has 0 fully saturated rings. The van der Waals surface area contributed by atoms with Crippen LogP contribution in [0.3, 0.4) is 0 Å². The third-order valence-corrected chi connectivity index (χ3v) is 3.21. The Labute approximate surface area is 143 Å². The number of carbonyl (C=O) groups excluding carboxylic acids is 1. The van der Waals surface area contributed by atoms with E-state index in [2.05, 4.69) is 21.3 Å². The van der Waals surface area contributed by atoms with E-state index in [4.69, 9.17) is 6.42 Å². The molecule has 0 aliphatic heterocycles. The van der Waals surface area contributed by atoms with Crippen molar-refractivity contribution >= 4 is 11.7 Å². The predicted octanol–water partition coefficient (Wildman–Crippen LogP) is 3.12. The van der Waals surface area contributed by atoms with E-state index < -0.39 is 18.7 Å². The lowest BCUT2D eigenvalue weighted by Gasteiger charge is -2.14. The van der Waals surface area contributed by atoms with Crippen LogP contribution in [0.1, 0.15) is 17.2 Å². The minimum Gasteiger partial charge on any atom is -0.435 e. The molecule has 2 rings (SSSR count). The number of aliphatic hydroxyl groups is 1. The van der Waals surface area contributed by atoms with Gasteiger partial charge in [-0.1, -0.05) is 24.1 Å². The zero-order valence-corrected chi connectivity index (χ0v) is 13.1. The molecule has 0 aromatic heterocycles. The van der Waals surface area contributed by atoms with Crippen molar-refractivity contribution in [1.29, 1.82) is 0 Å². The van der Waals surface area contributed by atoms with E-state index >= 15 is 0 Å². The van der Waals surface area contributed by atoms with Gasteiger partial charge in [-0.25, -0.2) is 4.79 Å². The Morgan fingerprint density at radius 3 is 2.72 bits per heavy atom. The van der Waals surface area contributed by atoms with Crippen molar-refractivity contribution in [3.05, 3.63) is 59.7 Å². The normalized spacial score (nSPS) is 11.5. The number of nitrogens with one attached hydrogen (secondary N) is 2. The molecule has 0 aliphatic rings. The second-order valence-electron chi connectivity index (χ2n) is 5.03. The topological polar surface area (TPSA) is 70.6 Å². The van der Waals surface area contributed by atoms with Gasteiger partial charge in [-0.15, -0.1) is 6.42 Å². The quantitative estimate of drug-likeness (QED) is 0.704. The summed E-state index contributed by atoms with van der Waals surface area (Å²) in [6.07, 6.45) is 4.21. The van der Waals surface area contributed by atoms with Crippen molar-refractivity contribution in [1.82, 2.24) is 5.32 Å². The summed E-state index contributed by atoms with van der Waals surface area (Å²) >= 11 is 0. The van der Waals surface area contributed by atoms with Crippen LogP contribution in [0.25, 0.3) is 0 Å². The molecule has 25 heavy (non-hydrogen) atoms. The Morgan fingerprint density at radius 1 is 1.24 bits per heavy atom. The van der Waals surface area contributed by atoms with Crippen molar-refractivity contribution in [2.24, 2.45) is 0 Å². The second-order valence-corrected chi connectivity index (χ2v) is 5.03. The van der Waals surface area contributed by atoms with Crippen LogP contribution in [-0.4, -0.2) is 24.3 Å². The first kappa shape index (κ1) is 18.2. The predicted molar refractivity (Wildman–Crippen MR) is 89.4 cm³/mol. The number of urea groups is 1. The molecule has 7 heteroatoms. The van der Waals surface area contributed by atoms with E-state index in [0.29, 0.717) is 16.8 Å². The molecule has 0 radical (unpaired) electrons. The fourth-order valence-corrected chi connectivity index (χ4v) is 2.07. The Kier molecular flexibility index (Phi) is 6.32. The molecule has 0 saturated heterocycles. The summed E-state index contributed by atoms with van der Waals surface area (Å²) in [7, 11) is 0. The van der Waals surface area contributed by atoms with Crippen LogP contribution in [0.4, 0.5) is 19.3 Å². The number of benzene rings is 2. The molecule has 2 aromatic carbocycles. The maximum atomic E-state index is 12.2. The monoisotopic (exact) mass is 346 g/mol. The summed E-state index contributed by atoms with van der Waals surface area (Å²) in [5.41, 5.74) is 1.47. The van der Waals surface area contributed by atoms with Gasteiger partial charge in [0.25, 0.3) is 0 Å². The van der Waals surface area contributed by atoms with Crippen LogP contribution in [0.5, 0.6) is 5.75 Å². The molecule has 0 bridgehead atoms. The highest BCUT2D eigenvalue weighted by Gasteiger charge is 2.12. The zero-order valence-electron chi connectivity index (χ0n) is 13.1. The van der Waals surface area contributed by atoms with Gasteiger partial charge in [0.05, 0.1) is 6.10 Å². The van der Waals surface area contributed by atoms with Crippen molar-refractivity contribution in [2.75, 3.05) is 11.9 Å². The number of carbonyl (C=O) groups is 1. The minimum absolute atomic E-state index is 0.0675. The van der Waals surface area contributed by atoms with Crippen LogP contribution in [0.15, 0.2) is 48.5 Å². The van der Waals surface area contributed by atoms with E-state index in [1.807, 2.05) is 0 Å². The number of rotatable bonds is 6. The second kappa shape index (κ2) is 8.66. The summed E-state index contributed by atoms with van der Waals surface area (Å²) in [6.45, 7) is -3.06. The summed E-state index contributed by atoms with van der Waals surface area (Å²) in [4.78, 5) is 11.9. The van der Waals surface area contributed by atoms with Gasteiger partial charge >= 0.3 is 12.6 Å². The van der Waals surface area contributed by atoms with Crippen molar-refractivity contribution in [3.63, 3.8) is 0 Å². The number of aliphatic hydroxyl groups excluding tert-OH is 1. The van der Waals surface area contributed by atoms with Crippen molar-refractivity contribution in [2.45, 2.75) is 12.7 Å². The highest BCUT2D eigenvalue weighted by molar-refractivity contribution is 5.89. The number of anilines is 1. The first-order valence-corrected chi connectivity index (χ1v) is 7.32. The Balaban J connectivity index is 1.89. The number of halogens is 2. The van der Waals surface area contributed by atoms with Crippen molar-refractivity contribution < 1.29 is 23.4 Å². The summed E-state index contributed by atoms with van der Waals surface area (Å²) in [5.74, 6) is 2.39. The molecule has 1 atom stereocenters. The maximum absolute atomic E-state index is 12.2. The summed E-state index contributed by atoms with van der Waals surface area (Å²) < 4.78 is 28.7. The highest BCUT2D eigenvalue weighted by Crippen LogP contribution is 2.20. The number of alkyl halides is 2. The van der Waals surface area contributed by atoms with E-state index in [1.165, 1.54) is 18.2 Å². The number of hydrogen-bond donors (Lipinski definition) is 3. The molecule has 0 aliphatic carbocycles. The lowest BCUT2D eigenvalue weighted by atomic mass is 10.1. The molecule has 130 valence electrons. The van der Waals surface area contributed by atoms with E-state index in [-0.39, 0.29) is 12.3 Å². The third-order valence-electron chi connectivity index (χ3n) is 3.21. The molecule has 0 heterocycles. The first-order chi connectivity index (χ1) is 12.0. The van der Waals surface area contributed by atoms with Gasteiger partial charge in [-0.05, 0) is 35.9 Å². The smallest absolute Gasteiger partial charge is 0.387 e. The van der Waals surface area contributed by atoms with Gasteiger partial charge in [0.1, 0.15) is 5.75 Å². The van der Waals surface area contributed by atoms with Gasteiger partial charge in [0, 0.05) is 17.8 Å². The first-order valence-electron chi connectivity index (χ1n) is 7.32. The molecule has 1 unspecified atom stereocenters. The number of ether oxygens (including phenoxy) is 1. The third kappa shape index (κ3) is 5.79. The molecule has 0 spiro atoms. The van der Waals surface area contributed by atoms with Crippen LogP contribution in [-0.2, 0) is 0 Å². The number of amides is 2. The van der Waals surface area contributed by atoms with Crippen LogP contribution in [0, 0.1) is 12.3 Å². The molecule has 2 amide bonds. The minimum atomic E-state index is -2.95. The molecule has 5 nitrogen and oxygen atoms in total. The van der Waals surface area contributed by atoms with Gasteiger partial charge in [0.15, 0.2) is 0 Å². The molecule has 3 N–H and O–H groups in total.